The van der Waals surface area contributed by atoms with E-state index in [0.29, 0.717) is 0 Å². The molecule has 0 saturated heterocycles. The number of alkyl carbamates (subject to hydrolysis) is 1. The summed E-state index contributed by atoms with van der Waals surface area (Å²) in [4.78, 5) is 11.7. The first kappa shape index (κ1) is 13.6. The zero-order valence-corrected chi connectivity index (χ0v) is 10.8. The highest BCUT2D eigenvalue weighted by Crippen LogP contribution is 2.18. The molecule has 1 aliphatic rings. The smallest absolute Gasteiger partial charge is 0.407 e. The van der Waals surface area contributed by atoms with E-state index in [0.717, 1.165) is 18.4 Å². The Bertz CT molecular complexity index is 430. The summed E-state index contributed by atoms with van der Waals surface area (Å²) in [6.45, 7) is 0.340. The molecule has 4 heteroatoms. The second-order valence-electron chi connectivity index (χ2n) is 4.70. The van der Waals surface area contributed by atoms with Gasteiger partial charge in [-0.3, -0.25) is 0 Å². The summed E-state index contributed by atoms with van der Waals surface area (Å²) >= 11 is 0. The van der Waals surface area contributed by atoms with E-state index in [1.165, 1.54) is 0 Å². The summed E-state index contributed by atoms with van der Waals surface area (Å²) in [5.41, 5.74) is 0.958. The van der Waals surface area contributed by atoms with E-state index in [2.05, 4.69) is 5.32 Å². The Labute approximate surface area is 113 Å². The van der Waals surface area contributed by atoms with Crippen LogP contribution in [0.25, 0.3) is 0 Å². The summed E-state index contributed by atoms with van der Waals surface area (Å²) in [6, 6.07) is 9.51. The molecular weight excluding hydrogens is 242 g/mol. The third kappa shape index (κ3) is 4.10. The molecule has 0 spiro atoms. The van der Waals surface area contributed by atoms with Crippen LogP contribution in [0.4, 0.5) is 4.79 Å². The molecule has 0 radical (unpaired) electrons. The molecule has 19 heavy (non-hydrogen) atoms. The second kappa shape index (κ2) is 6.95. The molecule has 2 unspecified atom stereocenters. The Morgan fingerprint density at radius 2 is 2.00 bits per heavy atom. The van der Waals surface area contributed by atoms with Crippen LogP contribution < -0.4 is 5.32 Å². The number of carbonyl (C=O) groups excluding carboxylic acids is 1. The molecule has 0 fully saturated rings. The lowest BCUT2D eigenvalue weighted by molar-refractivity contribution is 0.123. The molecule has 102 valence electrons. The summed E-state index contributed by atoms with van der Waals surface area (Å²) in [5, 5.41) is 12.1. The molecule has 0 saturated carbocycles. The van der Waals surface area contributed by atoms with Gasteiger partial charge in [0, 0.05) is 18.6 Å². The van der Waals surface area contributed by atoms with Gasteiger partial charge in [-0.05, 0) is 18.4 Å². The van der Waals surface area contributed by atoms with E-state index < -0.39 is 6.09 Å². The molecule has 0 bridgehead atoms. The predicted octanol–water partition coefficient (Wildman–Crippen LogP) is 2.24. The Morgan fingerprint density at radius 1 is 1.26 bits per heavy atom. The monoisotopic (exact) mass is 261 g/mol. The normalized spacial score (nSPS) is 21.9. The molecule has 1 amide bonds. The number of aliphatic hydroxyl groups is 1. The van der Waals surface area contributed by atoms with Crippen LogP contribution in [0.2, 0.25) is 0 Å². The highest BCUT2D eigenvalue weighted by Gasteiger charge is 2.23. The lowest BCUT2D eigenvalue weighted by Crippen LogP contribution is -2.42. The quantitative estimate of drug-likeness (QED) is 0.817. The van der Waals surface area contributed by atoms with Gasteiger partial charge in [-0.25, -0.2) is 4.79 Å². The van der Waals surface area contributed by atoms with E-state index in [4.69, 9.17) is 4.74 Å². The topological polar surface area (TPSA) is 58.6 Å². The first-order valence-electron chi connectivity index (χ1n) is 6.52. The second-order valence-corrected chi connectivity index (χ2v) is 4.70. The number of nitrogens with one attached hydrogen (secondary N) is 1. The fourth-order valence-electron chi connectivity index (χ4n) is 2.17. The van der Waals surface area contributed by atoms with Gasteiger partial charge < -0.3 is 15.2 Å². The van der Waals surface area contributed by atoms with Gasteiger partial charge in [-0.2, -0.15) is 0 Å². The lowest BCUT2D eigenvalue weighted by atomic mass is 9.90. The van der Waals surface area contributed by atoms with E-state index in [1.54, 1.807) is 0 Å². The number of amides is 1. The maximum absolute atomic E-state index is 11.7. The molecule has 1 aromatic rings. The molecule has 1 aromatic carbocycles. The third-order valence-corrected chi connectivity index (χ3v) is 3.32. The van der Waals surface area contributed by atoms with Gasteiger partial charge in [0.05, 0.1) is 0 Å². The maximum atomic E-state index is 11.7. The van der Waals surface area contributed by atoms with Crippen molar-refractivity contribution in [1.29, 1.82) is 0 Å². The first-order chi connectivity index (χ1) is 9.29. The molecule has 0 aliphatic heterocycles. The minimum absolute atomic E-state index is 0.0433. The van der Waals surface area contributed by atoms with Gasteiger partial charge in [-0.1, -0.05) is 42.5 Å². The zero-order valence-electron chi connectivity index (χ0n) is 10.8. The molecule has 2 rings (SSSR count). The van der Waals surface area contributed by atoms with Crippen LogP contribution in [0.5, 0.6) is 0 Å². The van der Waals surface area contributed by atoms with Crippen LogP contribution >= 0.6 is 0 Å². The number of rotatable bonds is 4. The average molecular weight is 261 g/mol. The lowest BCUT2D eigenvalue weighted by Gasteiger charge is -2.27. The van der Waals surface area contributed by atoms with E-state index >= 15 is 0 Å². The van der Waals surface area contributed by atoms with Gasteiger partial charge in [0.15, 0.2) is 0 Å². The molecule has 4 nitrogen and oxygen atoms in total. The molecule has 2 atom stereocenters. The zero-order chi connectivity index (χ0) is 13.5. The average Bonchev–Trinajstić information content (AvgIpc) is 2.47. The van der Waals surface area contributed by atoms with E-state index in [-0.39, 0.29) is 25.2 Å². The van der Waals surface area contributed by atoms with Crippen molar-refractivity contribution in [1.82, 2.24) is 5.32 Å². The molecule has 1 aliphatic carbocycles. The van der Waals surface area contributed by atoms with Gasteiger partial charge in [0.2, 0.25) is 0 Å². The number of benzene rings is 1. The van der Waals surface area contributed by atoms with Gasteiger partial charge >= 0.3 is 6.09 Å². The number of hydrogen-bond donors (Lipinski definition) is 2. The number of carbonyl (C=O) groups is 1. The van der Waals surface area contributed by atoms with Crippen LogP contribution in [-0.4, -0.2) is 23.8 Å². The molecule has 0 heterocycles. The summed E-state index contributed by atoms with van der Waals surface area (Å²) in [7, 11) is 0. The van der Waals surface area contributed by atoms with Crippen molar-refractivity contribution in [3.63, 3.8) is 0 Å². The highest BCUT2D eigenvalue weighted by molar-refractivity contribution is 5.67. The first-order valence-corrected chi connectivity index (χ1v) is 6.52. The van der Waals surface area contributed by atoms with Gasteiger partial charge in [-0.15, -0.1) is 0 Å². The van der Waals surface area contributed by atoms with Crippen LogP contribution in [0.1, 0.15) is 18.4 Å². The van der Waals surface area contributed by atoms with Crippen molar-refractivity contribution in [2.24, 2.45) is 5.92 Å². The fraction of sp³-hybridized carbons (Fsp3) is 0.400. The van der Waals surface area contributed by atoms with Crippen molar-refractivity contribution >= 4 is 6.09 Å². The van der Waals surface area contributed by atoms with Gasteiger partial charge in [0.25, 0.3) is 0 Å². The summed E-state index contributed by atoms with van der Waals surface area (Å²) in [5.74, 6) is 0.0780. The van der Waals surface area contributed by atoms with Crippen LogP contribution in [0.15, 0.2) is 42.5 Å². The van der Waals surface area contributed by atoms with Crippen molar-refractivity contribution in [2.45, 2.75) is 25.5 Å². The Kier molecular flexibility index (Phi) is 4.98. The number of hydrogen-bond acceptors (Lipinski definition) is 3. The van der Waals surface area contributed by atoms with Gasteiger partial charge in [0.1, 0.15) is 6.61 Å². The largest absolute Gasteiger partial charge is 0.445 e. The van der Waals surface area contributed by atoms with E-state index in [9.17, 15) is 9.90 Å². The van der Waals surface area contributed by atoms with E-state index in [1.807, 2.05) is 42.5 Å². The Hall–Kier alpha value is -1.81. The van der Waals surface area contributed by atoms with Crippen molar-refractivity contribution in [3.8, 4) is 0 Å². The molecule has 2 N–H and O–H groups in total. The highest BCUT2D eigenvalue weighted by atomic mass is 16.5. The Morgan fingerprint density at radius 3 is 2.74 bits per heavy atom. The van der Waals surface area contributed by atoms with Crippen LogP contribution in [-0.2, 0) is 11.3 Å². The number of aliphatic hydroxyl groups excluding tert-OH is 1. The maximum Gasteiger partial charge on any atom is 0.407 e. The summed E-state index contributed by atoms with van der Waals surface area (Å²) in [6.07, 6.45) is 5.16. The molecular formula is C15H19NO3. The summed E-state index contributed by atoms with van der Waals surface area (Å²) < 4.78 is 5.17. The standard InChI is InChI=1S/C15H19NO3/c17-10-13-8-4-5-9-14(13)16-15(18)19-11-12-6-2-1-3-7-12/h1-7,13-14,17H,8-11H2,(H,16,18). The number of ether oxygens (including phenoxy) is 1. The van der Waals surface area contributed by atoms with Crippen molar-refractivity contribution in [3.05, 3.63) is 48.0 Å². The van der Waals surface area contributed by atoms with Crippen LogP contribution in [0.3, 0.4) is 0 Å². The van der Waals surface area contributed by atoms with Crippen molar-refractivity contribution in [2.75, 3.05) is 6.61 Å². The minimum atomic E-state index is -0.428. The third-order valence-electron chi connectivity index (χ3n) is 3.32. The number of allylic oxidation sites excluding steroid dienone is 1. The SMILES string of the molecule is O=C(NC1CC=CCC1CO)OCc1ccccc1. The molecule has 0 aromatic heterocycles. The Balaban J connectivity index is 1.79. The van der Waals surface area contributed by atoms with Crippen LogP contribution in [0, 0.1) is 5.92 Å². The minimum Gasteiger partial charge on any atom is -0.445 e. The predicted molar refractivity (Wildman–Crippen MR) is 72.5 cm³/mol. The van der Waals surface area contributed by atoms with Crippen molar-refractivity contribution < 1.29 is 14.6 Å². The fourth-order valence-corrected chi connectivity index (χ4v) is 2.17.